The highest BCUT2D eigenvalue weighted by Crippen LogP contribution is 2.27. The first-order valence-electron chi connectivity index (χ1n) is 12.0. The third-order valence-electron chi connectivity index (χ3n) is 5.99. The molecule has 1 aliphatic rings. The van der Waals surface area contributed by atoms with Gasteiger partial charge in [-0.2, -0.15) is 0 Å². The minimum atomic E-state index is -2.50. The fourth-order valence-corrected chi connectivity index (χ4v) is 3.86. The molecule has 4 N–H and O–H groups in total. The topological polar surface area (TPSA) is 97.0 Å². The zero-order valence-corrected chi connectivity index (χ0v) is 20.1. The normalized spacial score (nSPS) is 17.5. The van der Waals surface area contributed by atoms with Crippen LogP contribution < -0.4 is 20.5 Å². The number of nitrogens with two attached hydrogens (primary N) is 1. The van der Waals surface area contributed by atoms with Crippen molar-refractivity contribution in [3.8, 4) is 11.5 Å². The molecule has 9 heteroatoms. The van der Waals surface area contributed by atoms with Crippen molar-refractivity contribution in [3.05, 3.63) is 59.7 Å². The zero-order valence-electron chi connectivity index (χ0n) is 20.1. The Morgan fingerprint density at radius 1 is 1.11 bits per heavy atom. The second-order valence-corrected chi connectivity index (χ2v) is 8.97. The van der Waals surface area contributed by atoms with Crippen LogP contribution in [0.2, 0.25) is 0 Å². The van der Waals surface area contributed by atoms with Crippen LogP contribution in [0.3, 0.4) is 0 Å². The van der Waals surface area contributed by atoms with Crippen LogP contribution in [0.4, 0.5) is 8.78 Å². The Bertz CT molecular complexity index is 915. The monoisotopic (exact) mass is 491 g/mol. The van der Waals surface area contributed by atoms with Crippen LogP contribution in [-0.4, -0.2) is 67.0 Å². The van der Waals surface area contributed by atoms with Crippen molar-refractivity contribution in [1.29, 1.82) is 0 Å². The Morgan fingerprint density at radius 2 is 1.74 bits per heavy atom. The van der Waals surface area contributed by atoms with E-state index in [1.807, 2.05) is 31.2 Å². The molecule has 2 unspecified atom stereocenters. The number of carbonyl (C=O) groups excluding carboxylic acids is 1. The number of likely N-dealkylation sites (tertiary alicyclic amines) is 1. The van der Waals surface area contributed by atoms with E-state index in [1.54, 1.807) is 24.3 Å². The van der Waals surface area contributed by atoms with Gasteiger partial charge in [0, 0.05) is 38.0 Å². The number of benzene rings is 2. The molecule has 1 saturated heterocycles. The van der Waals surface area contributed by atoms with Crippen LogP contribution >= 0.6 is 0 Å². The molecule has 0 bridgehead atoms. The van der Waals surface area contributed by atoms with Gasteiger partial charge in [0.15, 0.2) is 0 Å². The van der Waals surface area contributed by atoms with Gasteiger partial charge >= 0.3 is 0 Å². The van der Waals surface area contributed by atoms with E-state index in [-0.39, 0.29) is 32.2 Å². The largest absolute Gasteiger partial charge is 0.491 e. The quantitative estimate of drug-likeness (QED) is 0.373. The van der Waals surface area contributed by atoms with E-state index in [2.05, 4.69) is 10.2 Å². The standard InChI is InChI=1S/C26H35F2N3O4/c1-19(35-24-10-6-21(7-11-24)25(29)33)30-17-22(32)18-34-23-8-4-20(5-9-23)3-2-14-31-15-12-26(27,28)13-16-31/h4-11,19,22,30,32H,2-3,12-18H2,1H3,(H2,29,33). The third kappa shape index (κ3) is 9.43. The van der Waals surface area contributed by atoms with Crippen LogP contribution in [0, 0.1) is 0 Å². The second kappa shape index (κ2) is 12.8. The van der Waals surface area contributed by atoms with Gasteiger partial charge in [-0.25, -0.2) is 8.78 Å². The average molecular weight is 492 g/mol. The molecule has 0 spiro atoms. The van der Waals surface area contributed by atoms with Crippen LogP contribution in [0.15, 0.2) is 48.5 Å². The van der Waals surface area contributed by atoms with E-state index in [0.717, 1.165) is 24.9 Å². The van der Waals surface area contributed by atoms with Gasteiger partial charge in [-0.3, -0.25) is 10.1 Å². The number of rotatable bonds is 13. The SMILES string of the molecule is CC(NCC(O)COc1ccc(CCCN2CCC(F)(F)CC2)cc1)Oc1ccc(C(N)=O)cc1. The van der Waals surface area contributed by atoms with Crippen LogP contribution in [-0.2, 0) is 6.42 Å². The number of aliphatic hydroxyl groups excluding tert-OH is 1. The highest BCUT2D eigenvalue weighted by Gasteiger charge is 2.33. The summed E-state index contributed by atoms with van der Waals surface area (Å²) in [6.07, 6.45) is 0.630. The maximum absolute atomic E-state index is 13.2. The first-order valence-corrected chi connectivity index (χ1v) is 12.0. The summed E-state index contributed by atoms with van der Waals surface area (Å²) in [5, 5.41) is 13.3. The van der Waals surface area contributed by atoms with Crippen molar-refractivity contribution >= 4 is 5.91 Å². The lowest BCUT2D eigenvalue weighted by atomic mass is 10.1. The van der Waals surface area contributed by atoms with Crippen molar-refractivity contribution in [2.75, 3.05) is 32.8 Å². The molecule has 2 atom stereocenters. The number of aryl methyl sites for hydroxylation is 1. The first kappa shape index (κ1) is 26.8. The lowest BCUT2D eigenvalue weighted by Gasteiger charge is -2.31. The molecule has 192 valence electrons. The van der Waals surface area contributed by atoms with Gasteiger partial charge in [0.25, 0.3) is 5.92 Å². The maximum Gasteiger partial charge on any atom is 0.250 e. The number of primary amides is 1. The Hall–Kier alpha value is -2.75. The van der Waals surface area contributed by atoms with Crippen molar-refractivity contribution < 1.29 is 28.2 Å². The van der Waals surface area contributed by atoms with E-state index < -0.39 is 17.9 Å². The number of piperidine rings is 1. The molecule has 7 nitrogen and oxygen atoms in total. The molecule has 2 aromatic carbocycles. The molecule has 0 aliphatic carbocycles. The minimum absolute atomic E-state index is 0.0431. The molecule has 1 heterocycles. The molecule has 0 aromatic heterocycles. The van der Waals surface area contributed by atoms with Crippen molar-refractivity contribution in [3.63, 3.8) is 0 Å². The molecule has 0 radical (unpaired) electrons. The summed E-state index contributed by atoms with van der Waals surface area (Å²) in [6.45, 7) is 3.98. The van der Waals surface area contributed by atoms with E-state index in [9.17, 15) is 18.7 Å². The second-order valence-electron chi connectivity index (χ2n) is 8.97. The molecule has 3 rings (SSSR count). The van der Waals surface area contributed by atoms with Crippen molar-refractivity contribution in [1.82, 2.24) is 10.2 Å². The Balaban J connectivity index is 1.29. The fourth-order valence-electron chi connectivity index (χ4n) is 3.86. The molecule has 1 fully saturated rings. The number of aliphatic hydroxyl groups is 1. The summed E-state index contributed by atoms with van der Waals surface area (Å²) in [5.74, 6) is -1.74. The number of halogens is 2. The highest BCUT2D eigenvalue weighted by atomic mass is 19.3. The summed E-state index contributed by atoms with van der Waals surface area (Å²) in [4.78, 5) is 13.2. The molecule has 35 heavy (non-hydrogen) atoms. The van der Waals surface area contributed by atoms with Gasteiger partial charge in [0.05, 0.1) is 0 Å². The van der Waals surface area contributed by atoms with Crippen LogP contribution in [0.1, 0.15) is 42.1 Å². The summed E-state index contributed by atoms with van der Waals surface area (Å²) in [5.41, 5.74) is 6.79. The summed E-state index contributed by atoms with van der Waals surface area (Å²) in [6, 6.07) is 14.2. The van der Waals surface area contributed by atoms with E-state index in [0.29, 0.717) is 30.2 Å². The van der Waals surface area contributed by atoms with Crippen molar-refractivity contribution in [2.24, 2.45) is 5.73 Å². The van der Waals surface area contributed by atoms with Crippen molar-refractivity contribution in [2.45, 2.75) is 50.9 Å². The number of hydrogen-bond donors (Lipinski definition) is 3. The Morgan fingerprint density at radius 3 is 2.37 bits per heavy atom. The van der Waals surface area contributed by atoms with E-state index in [4.69, 9.17) is 15.2 Å². The smallest absolute Gasteiger partial charge is 0.250 e. The van der Waals surface area contributed by atoms with E-state index >= 15 is 0 Å². The van der Waals surface area contributed by atoms with Gasteiger partial charge in [0.1, 0.15) is 30.4 Å². The number of ether oxygens (including phenoxy) is 2. The predicted octanol–water partition coefficient (Wildman–Crippen LogP) is 3.20. The minimum Gasteiger partial charge on any atom is -0.491 e. The zero-order chi connectivity index (χ0) is 25.3. The number of carbonyl (C=O) groups is 1. The van der Waals surface area contributed by atoms with Gasteiger partial charge in [0.2, 0.25) is 5.91 Å². The lowest BCUT2D eigenvalue weighted by molar-refractivity contribution is -0.0551. The van der Waals surface area contributed by atoms with Gasteiger partial charge in [-0.05, 0) is 68.3 Å². The molecule has 0 saturated carbocycles. The van der Waals surface area contributed by atoms with Gasteiger partial charge < -0.3 is 25.2 Å². The Labute approximate surface area is 205 Å². The molecule has 1 aliphatic heterocycles. The van der Waals surface area contributed by atoms with Crippen LogP contribution in [0.25, 0.3) is 0 Å². The number of amides is 1. The number of nitrogens with one attached hydrogen (secondary N) is 1. The lowest BCUT2D eigenvalue weighted by Crippen LogP contribution is -2.39. The third-order valence-corrected chi connectivity index (χ3v) is 5.99. The Kier molecular flexibility index (Phi) is 9.83. The summed E-state index contributed by atoms with van der Waals surface area (Å²) in [7, 11) is 0. The summed E-state index contributed by atoms with van der Waals surface area (Å²) < 4.78 is 37.8. The molecular formula is C26H35F2N3O4. The highest BCUT2D eigenvalue weighted by molar-refractivity contribution is 5.92. The summed E-state index contributed by atoms with van der Waals surface area (Å²) >= 11 is 0. The molecular weight excluding hydrogens is 456 g/mol. The van der Waals surface area contributed by atoms with Gasteiger partial charge in [-0.1, -0.05) is 12.1 Å². The molecule has 2 aromatic rings. The maximum atomic E-state index is 13.2. The number of alkyl halides is 2. The first-order chi connectivity index (χ1) is 16.7. The number of hydrogen-bond acceptors (Lipinski definition) is 6. The van der Waals surface area contributed by atoms with E-state index in [1.165, 1.54) is 0 Å². The number of nitrogens with zero attached hydrogens (tertiary/aromatic N) is 1. The van der Waals surface area contributed by atoms with Crippen LogP contribution in [0.5, 0.6) is 11.5 Å². The average Bonchev–Trinajstić information content (AvgIpc) is 2.83. The fraction of sp³-hybridized carbons (Fsp3) is 0.500. The molecule has 1 amide bonds. The van der Waals surface area contributed by atoms with Gasteiger partial charge in [-0.15, -0.1) is 0 Å². The predicted molar refractivity (Wildman–Crippen MR) is 130 cm³/mol.